The third-order valence-electron chi connectivity index (χ3n) is 4.59. The summed E-state index contributed by atoms with van der Waals surface area (Å²) in [6, 6.07) is 5.42. The Kier molecular flexibility index (Phi) is 4.71. The molecule has 0 spiro atoms. The lowest BCUT2D eigenvalue weighted by Gasteiger charge is -2.30. The number of piperidine rings is 1. The zero-order chi connectivity index (χ0) is 17.3. The lowest BCUT2D eigenvalue weighted by molar-refractivity contribution is -0.139. The van der Waals surface area contributed by atoms with E-state index < -0.39 is 16.1 Å². The molecule has 1 aromatic rings. The van der Waals surface area contributed by atoms with Crippen LogP contribution < -0.4 is 9.04 Å². The first kappa shape index (κ1) is 17.1. The van der Waals surface area contributed by atoms with Crippen LogP contribution in [0.1, 0.15) is 31.2 Å². The van der Waals surface area contributed by atoms with Gasteiger partial charge in [0.1, 0.15) is 5.75 Å². The number of likely N-dealkylation sites (tertiary alicyclic amines) is 1. The first-order chi connectivity index (χ1) is 11.4. The minimum atomic E-state index is -3.42. The number of anilines is 1. The van der Waals surface area contributed by atoms with Gasteiger partial charge >= 0.3 is 0 Å². The molecule has 1 atom stereocenters. The standard InChI is InChI=1S/C17H24N2O4S/c1-13-6-7-15-14(12-13)19(24(2,21)22)11-8-16(23-15)17(20)18-9-4-3-5-10-18/h6-7,12,16H,3-5,8-11H2,1-2H3/t16-/m1/s1. The first-order valence-corrected chi connectivity index (χ1v) is 10.2. The fourth-order valence-corrected chi connectivity index (χ4v) is 4.26. The number of ether oxygens (including phenoxy) is 1. The van der Waals surface area contributed by atoms with E-state index in [1.807, 2.05) is 17.9 Å². The lowest BCUT2D eigenvalue weighted by atomic mass is 10.1. The van der Waals surface area contributed by atoms with Gasteiger partial charge in [-0.25, -0.2) is 8.42 Å². The van der Waals surface area contributed by atoms with Crippen LogP contribution in [0.4, 0.5) is 5.69 Å². The second-order valence-electron chi connectivity index (χ2n) is 6.59. The molecule has 7 heteroatoms. The molecule has 6 nitrogen and oxygen atoms in total. The van der Waals surface area contributed by atoms with Crippen molar-refractivity contribution >= 4 is 21.6 Å². The summed E-state index contributed by atoms with van der Waals surface area (Å²) < 4.78 is 31.6. The molecule has 0 unspecified atom stereocenters. The third kappa shape index (κ3) is 3.50. The van der Waals surface area contributed by atoms with E-state index in [1.165, 1.54) is 10.6 Å². The summed E-state index contributed by atoms with van der Waals surface area (Å²) in [7, 11) is -3.42. The van der Waals surface area contributed by atoms with Gasteiger partial charge in [-0.3, -0.25) is 9.10 Å². The smallest absolute Gasteiger partial charge is 0.263 e. The Hall–Kier alpha value is -1.76. The van der Waals surface area contributed by atoms with Crippen molar-refractivity contribution in [2.24, 2.45) is 0 Å². The summed E-state index contributed by atoms with van der Waals surface area (Å²) in [5.74, 6) is 0.426. The highest BCUT2D eigenvalue weighted by Gasteiger charge is 2.33. The summed E-state index contributed by atoms with van der Waals surface area (Å²) >= 11 is 0. The molecule has 2 heterocycles. The van der Waals surface area contributed by atoms with Gasteiger partial charge in [0.25, 0.3) is 5.91 Å². The van der Waals surface area contributed by atoms with E-state index in [4.69, 9.17) is 4.74 Å². The zero-order valence-corrected chi connectivity index (χ0v) is 15.0. The number of benzene rings is 1. The van der Waals surface area contributed by atoms with Crippen molar-refractivity contribution in [3.8, 4) is 5.75 Å². The van der Waals surface area contributed by atoms with Gasteiger partial charge in [-0.2, -0.15) is 0 Å². The summed E-state index contributed by atoms with van der Waals surface area (Å²) in [4.78, 5) is 14.6. The van der Waals surface area contributed by atoms with Gasteiger partial charge in [0.05, 0.1) is 11.9 Å². The van der Waals surface area contributed by atoms with Crippen molar-refractivity contribution in [3.63, 3.8) is 0 Å². The number of aryl methyl sites for hydroxylation is 1. The van der Waals surface area contributed by atoms with Crippen LogP contribution in [0.3, 0.4) is 0 Å². The molecule has 1 saturated heterocycles. The monoisotopic (exact) mass is 352 g/mol. The van der Waals surface area contributed by atoms with Crippen molar-refractivity contribution in [1.82, 2.24) is 4.90 Å². The molecule has 0 bridgehead atoms. The Morgan fingerprint density at radius 2 is 1.88 bits per heavy atom. The van der Waals surface area contributed by atoms with E-state index in [0.717, 1.165) is 37.9 Å². The molecule has 2 aliphatic rings. The number of sulfonamides is 1. The van der Waals surface area contributed by atoms with E-state index in [0.29, 0.717) is 17.9 Å². The Morgan fingerprint density at radius 3 is 2.54 bits per heavy atom. The van der Waals surface area contributed by atoms with Gasteiger partial charge in [0.2, 0.25) is 10.0 Å². The van der Waals surface area contributed by atoms with Crippen LogP contribution in [0.5, 0.6) is 5.75 Å². The van der Waals surface area contributed by atoms with E-state index >= 15 is 0 Å². The van der Waals surface area contributed by atoms with Gasteiger partial charge in [-0.15, -0.1) is 0 Å². The van der Waals surface area contributed by atoms with Crippen molar-refractivity contribution < 1.29 is 17.9 Å². The number of rotatable bonds is 2. The minimum Gasteiger partial charge on any atom is -0.478 e. The van der Waals surface area contributed by atoms with Crippen molar-refractivity contribution in [2.75, 3.05) is 30.2 Å². The Labute approximate surface area is 143 Å². The summed E-state index contributed by atoms with van der Waals surface area (Å²) in [6.45, 7) is 3.67. The Bertz CT molecular complexity index is 726. The number of hydrogen-bond acceptors (Lipinski definition) is 4. The van der Waals surface area contributed by atoms with Crippen LogP contribution in [-0.2, 0) is 14.8 Å². The molecular formula is C17H24N2O4S. The van der Waals surface area contributed by atoms with Crippen LogP contribution in [0.15, 0.2) is 18.2 Å². The highest BCUT2D eigenvalue weighted by atomic mass is 32.2. The number of amides is 1. The molecule has 132 valence electrons. The zero-order valence-electron chi connectivity index (χ0n) is 14.2. The fourth-order valence-electron chi connectivity index (χ4n) is 3.33. The molecule has 0 aliphatic carbocycles. The number of nitrogens with zero attached hydrogens (tertiary/aromatic N) is 2. The molecule has 0 aromatic heterocycles. The third-order valence-corrected chi connectivity index (χ3v) is 5.77. The summed E-state index contributed by atoms with van der Waals surface area (Å²) in [5, 5.41) is 0. The molecule has 24 heavy (non-hydrogen) atoms. The van der Waals surface area contributed by atoms with Crippen LogP contribution >= 0.6 is 0 Å². The lowest BCUT2D eigenvalue weighted by Crippen LogP contribution is -2.45. The van der Waals surface area contributed by atoms with Gasteiger partial charge in [0.15, 0.2) is 6.10 Å². The number of carbonyl (C=O) groups is 1. The largest absolute Gasteiger partial charge is 0.478 e. The minimum absolute atomic E-state index is 0.0309. The Balaban J connectivity index is 1.90. The molecule has 0 saturated carbocycles. The average Bonchev–Trinajstić information content (AvgIpc) is 2.74. The topological polar surface area (TPSA) is 66.9 Å². The molecule has 3 rings (SSSR count). The quantitative estimate of drug-likeness (QED) is 0.816. The predicted molar refractivity (Wildman–Crippen MR) is 92.8 cm³/mol. The highest BCUT2D eigenvalue weighted by molar-refractivity contribution is 7.92. The SMILES string of the molecule is Cc1ccc2c(c1)N(S(C)(=O)=O)CC[C@H](C(=O)N1CCCCC1)O2. The van der Waals surface area contributed by atoms with Crippen molar-refractivity contribution in [1.29, 1.82) is 0 Å². The van der Waals surface area contributed by atoms with E-state index in [9.17, 15) is 13.2 Å². The fraction of sp³-hybridized carbons (Fsp3) is 0.588. The van der Waals surface area contributed by atoms with Crippen LogP contribution in [0.2, 0.25) is 0 Å². The summed E-state index contributed by atoms with van der Waals surface area (Å²) in [5.41, 5.74) is 1.47. The first-order valence-electron chi connectivity index (χ1n) is 8.40. The van der Waals surface area contributed by atoms with Gasteiger partial charge in [-0.1, -0.05) is 6.07 Å². The van der Waals surface area contributed by atoms with E-state index in [2.05, 4.69) is 0 Å². The molecule has 1 amide bonds. The average molecular weight is 352 g/mol. The van der Waals surface area contributed by atoms with Gasteiger partial charge < -0.3 is 9.64 Å². The van der Waals surface area contributed by atoms with Crippen molar-refractivity contribution in [3.05, 3.63) is 23.8 Å². The van der Waals surface area contributed by atoms with Crippen LogP contribution in [0.25, 0.3) is 0 Å². The second-order valence-corrected chi connectivity index (χ2v) is 8.49. The number of carbonyl (C=O) groups excluding carboxylic acids is 1. The highest BCUT2D eigenvalue weighted by Crippen LogP contribution is 2.35. The normalized spacial score (nSPS) is 21.7. The molecule has 0 radical (unpaired) electrons. The van der Waals surface area contributed by atoms with Crippen LogP contribution in [-0.4, -0.2) is 51.2 Å². The summed E-state index contributed by atoms with van der Waals surface area (Å²) in [6.07, 6.45) is 4.10. The van der Waals surface area contributed by atoms with Crippen LogP contribution in [0, 0.1) is 6.92 Å². The van der Waals surface area contributed by atoms with Gasteiger partial charge in [-0.05, 0) is 43.9 Å². The molecule has 1 fully saturated rings. The molecule has 2 aliphatic heterocycles. The van der Waals surface area contributed by atoms with Crippen molar-refractivity contribution in [2.45, 2.75) is 38.7 Å². The number of fused-ring (bicyclic) bond motifs is 1. The molecule has 1 aromatic carbocycles. The maximum atomic E-state index is 12.8. The Morgan fingerprint density at radius 1 is 1.17 bits per heavy atom. The molecule has 0 N–H and O–H groups in total. The predicted octanol–water partition coefficient (Wildman–Crippen LogP) is 1.92. The van der Waals surface area contributed by atoms with E-state index in [-0.39, 0.29) is 12.5 Å². The number of hydrogen-bond donors (Lipinski definition) is 0. The maximum absolute atomic E-state index is 12.8. The van der Waals surface area contributed by atoms with Gasteiger partial charge in [0, 0.05) is 26.1 Å². The van der Waals surface area contributed by atoms with E-state index in [1.54, 1.807) is 12.1 Å². The second kappa shape index (κ2) is 6.63. The maximum Gasteiger partial charge on any atom is 0.263 e. The molecular weight excluding hydrogens is 328 g/mol.